The summed E-state index contributed by atoms with van der Waals surface area (Å²) in [6.07, 6.45) is 4.07. The molecule has 2 aromatic carbocycles. The van der Waals surface area contributed by atoms with E-state index in [2.05, 4.69) is 41.3 Å². The van der Waals surface area contributed by atoms with Crippen molar-refractivity contribution in [3.8, 4) is 0 Å². The molecule has 1 saturated carbocycles. The molecule has 0 radical (unpaired) electrons. The molecule has 1 aliphatic carbocycles. The molecule has 1 unspecified atom stereocenters. The predicted octanol–water partition coefficient (Wildman–Crippen LogP) is 4.12. The maximum atomic E-state index is 10.5. The van der Waals surface area contributed by atoms with Crippen molar-refractivity contribution >= 4 is 24.0 Å². The number of ether oxygens (including phenoxy) is 1. The molecule has 6 heteroatoms. The molecule has 2 aromatic rings. The number of halogens is 2. The van der Waals surface area contributed by atoms with Crippen LogP contribution in [0.4, 0.5) is 0 Å². The van der Waals surface area contributed by atoms with Crippen LogP contribution < -0.4 is 5.73 Å². The second kappa shape index (κ2) is 9.78. The first-order chi connectivity index (χ1) is 13.6. The van der Waals surface area contributed by atoms with Crippen LogP contribution in [0, 0.1) is 0 Å². The van der Waals surface area contributed by atoms with Gasteiger partial charge in [-0.1, -0.05) is 54.1 Å². The van der Waals surface area contributed by atoms with Gasteiger partial charge in [-0.15, -0.1) is 12.4 Å². The van der Waals surface area contributed by atoms with Gasteiger partial charge in [0.15, 0.2) is 0 Å². The van der Waals surface area contributed by atoms with Gasteiger partial charge >= 0.3 is 0 Å². The standard InChI is InChI=1S/C23H29ClN2O2.ClH/c24-19-8-4-7-18(14-19)23(16-25)11-9-20(10-12-23)26-21(15-28-22(26)27)13-17-5-2-1-3-6-17;/h1-8,14,20-22,27H,9-13,15-16,25H2;1H/t20?,21-,22?,23?;/m1./s1. The normalized spacial score (nSPS) is 30.1. The predicted molar refractivity (Wildman–Crippen MR) is 119 cm³/mol. The van der Waals surface area contributed by atoms with Crippen LogP contribution in [-0.4, -0.2) is 41.7 Å². The van der Waals surface area contributed by atoms with E-state index in [1.165, 1.54) is 11.1 Å². The highest BCUT2D eigenvalue weighted by Crippen LogP contribution is 2.42. The monoisotopic (exact) mass is 436 g/mol. The van der Waals surface area contributed by atoms with E-state index in [0.717, 1.165) is 37.1 Å². The fourth-order valence-electron chi connectivity index (χ4n) is 4.96. The second-order valence-electron chi connectivity index (χ2n) is 8.18. The number of aliphatic hydroxyl groups is 1. The molecule has 158 valence electrons. The van der Waals surface area contributed by atoms with Crippen molar-refractivity contribution in [3.63, 3.8) is 0 Å². The quantitative estimate of drug-likeness (QED) is 0.739. The van der Waals surface area contributed by atoms with Gasteiger partial charge in [0.25, 0.3) is 0 Å². The molecule has 2 atom stereocenters. The van der Waals surface area contributed by atoms with Gasteiger partial charge in [-0.2, -0.15) is 0 Å². The van der Waals surface area contributed by atoms with Crippen molar-refractivity contribution in [1.82, 2.24) is 4.90 Å². The van der Waals surface area contributed by atoms with Crippen molar-refractivity contribution in [3.05, 3.63) is 70.7 Å². The first-order valence-electron chi connectivity index (χ1n) is 10.2. The van der Waals surface area contributed by atoms with Gasteiger partial charge in [-0.05, 0) is 55.4 Å². The van der Waals surface area contributed by atoms with E-state index in [9.17, 15) is 5.11 Å². The van der Waals surface area contributed by atoms with E-state index in [1.807, 2.05) is 18.2 Å². The summed E-state index contributed by atoms with van der Waals surface area (Å²) >= 11 is 6.23. The van der Waals surface area contributed by atoms with E-state index in [4.69, 9.17) is 22.1 Å². The number of hydrogen-bond acceptors (Lipinski definition) is 4. The molecule has 4 nitrogen and oxygen atoms in total. The smallest absolute Gasteiger partial charge is 0.216 e. The third-order valence-corrected chi connectivity index (χ3v) is 6.83. The Morgan fingerprint density at radius 1 is 1.10 bits per heavy atom. The zero-order valence-corrected chi connectivity index (χ0v) is 18.1. The lowest BCUT2D eigenvalue weighted by molar-refractivity contribution is -0.153. The molecule has 4 rings (SSSR count). The van der Waals surface area contributed by atoms with Crippen LogP contribution in [0.3, 0.4) is 0 Å². The zero-order chi connectivity index (χ0) is 19.6. The fraction of sp³-hybridized carbons (Fsp3) is 0.478. The van der Waals surface area contributed by atoms with Gasteiger partial charge < -0.3 is 15.6 Å². The number of nitrogens with zero attached hydrogens (tertiary/aromatic N) is 1. The largest absolute Gasteiger partial charge is 0.356 e. The van der Waals surface area contributed by atoms with Crippen LogP contribution in [-0.2, 0) is 16.6 Å². The Hall–Kier alpha value is -1.14. The van der Waals surface area contributed by atoms with Gasteiger partial charge in [-0.25, -0.2) is 4.90 Å². The lowest BCUT2D eigenvalue weighted by Gasteiger charge is -2.44. The van der Waals surface area contributed by atoms with Gasteiger partial charge in [0.2, 0.25) is 6.41 Å². The minimum absolute atomic E-state index is 0. The molecule has 0 bridgehead atoms. The molecule has 0 aromatic heterocycles. The van der Waals surface area contributed by atoms with E-state index in [1.54, 1.807) is 0 Å². The van der Waals surface area contributed by atoms with Gasteiger partial charge in [0.05, 0.1) is 6.61 Å². The summed E-state index contributed by atoms with van der Waals surface area (Å²) in [5, 5.41) is 11.3. The Bertz CT molecular complexity index is 781. The Morgan fingerprint density at radius 3 is 2.48 bits per heavy atom. The first kappa shape index (κ1) is 22.5. The Balaban J connectivity index is 0.00000240. The minimum Gasteiger partial charge on any atom is -0.356 e. The van der Waals surface area contributed by atoms with Crippen LogP contribution >= 0.6 is 24.0 Å². The molecular weight excluding hydrogens is 407 g/mol. The summed E-state index contributed by atoms with van der Waals surface area (Å²) in [6.45, 7) is 1.19. The van der Waals surface area contributed by atoms with E-state index >= 15 is 0 Å². The Morgan fingerprint density at radius 2 is 1.83 bits per heavy atom. The van der Waals surface area contributed by atoms with Crippen LogP contribution in [0.15, 0.2) is 54.6 Å². The van der Waals surface area contributed by atoms with Crippen LogP contribution in [0.1, 0.15) is 36.8 Å². The van der Waals surface area contributed by atoms with Gasteiger partial charge in [-0.3, -0.25) is 0 Å². The van der Waals surface area contributed by atoms with Crippen molar-refractivity contribution in [1.29, 1.82) is 0 Å². The number of aliphatic hydroxyl groups excluding tert-OH is 1. The summed E-state index contributed by atoms with van der Waals surface area (Å²) < 4.78 is 5.62. The molecule has 29 heavy (non-hydrogen) atoms. The molecule has 0 spiro atoms. The number of benzene rings is 2. The van der Waals surface area contributed by atoms with Crippen LogP contribution in [0.25, 0.3) is 0 Å². The number of rotatable bonds is 5. The average molecular weight is 437 g/mol. The number of hydrogen-bond donors (Lipinski definition) is 2. The van der Waals surface area contributed by atoms with Crippen molar-refractivity contribution in [2.75, 3.05) is 13.2 Å². The average Bonchev–Trinajstić information content (AvgIpc) is 3.09. The maximum absolute atomic E-state index is 10.5. The molecule has 1 aliphatic heterocycles. The Kier molecular flexibility index (Phi) is 7.60. The van der Waals surface area contributed by atoms with E-state index in [0.29, 0.717) is 19.2 Å². The topological polar surface area (TPSA) is 58.7 Å². The fourth-order valence-corrected chi connectivity index (χ4v) is 5.15. The third-order valence-electron chi connectivity index (χ3n) is 6.59. The number of nitrogens with two attached hydrogens (primary N) is 1. The summed E-state index contributed by atoms with van der Waals surface area (Å²) in [5.41, 5.74) is 8.73. The highest BCUT2D eigenvalue weighted by Gasteiger charge is 2.43. The molecule has 0 amide bonds. The van der Waals surface area contributed by atoms with Crippen LogP contribution in [0.2, 0.25) is 5.02 Å². The lowest BCUT2D eigenvalue weighted by atomic mass is 9.68. The molecule has 2 aliphatic rings. The second-order valence-corrected chi connectivity index (χ2v) is 8.61. The molecule has 1 heterocycles. The van der Waals surface area contributed by atoms with Gasteiger partial charge in [0, 0.05) is 29.1 Å². The highest BCUT2D eigenvalue weighted by molar-refractivity contribution is 6.30. The molecule has 2 fully saturated rings. The van der Waals surface area contributed by atoms with Crippen molar-refractivity contribution in [2.24, 2.45) is 5.73 Å². The molecular formula is C23H30Cl2N2O2. The molecule has 1 saturated heterocycles. The van der Waals surface area contributed by atoms with E-state index < -0.39 is 6.41 Å². The third kappa shape index (κ3) is 4.79. The van der Waals surface area contributed by atoms with Gasteiger partial charge in [0.1, 0.15) is 0 Å². The maximum Gasteiger partial charge on any atom is 0.216 e. The summed E-state index contributed by atoms with van der Waals surface area (Å²) in [4.78, 5) is 2.19. The lowest BCUT2D eigenvalue weighted by Crippen LogP contribution is -2.50. The minimum atomic E-state index is -0.810. The highest BCUT2D eigenvalue weighted by atomic mass is 35.5. The SMILES string of the molecule is Cl.NCC1(c2cccc(Cl)c2)CCC(N2C(O)OC[C@H]2Cc2ccccc2)CC1. The summed E-state index contributed by atoms with van der Waals surface area (Å²) in [6, 6.07) is 19.1. The van der Waals surface area contributed by atoms with E-state index in [-0.39, 0.29) is 23.9 Å². The summed E-state index contributed by atoms with van der Waals surface area (Å²) in [5.74, 6) is 0. The Labute approximate surface area is 184 Å². The summed E-state index contributed by atoms with van der Waals surface area (Å²) in [7, 11) is 0. The molecule has 3 N–H and O–H groups in total. The van der Waals surface area contributed by atoms with Crippen molar-refractivity contribution in [2.45, 2.75) is 56.0 Å². The van der Waals surface area contributed by atoms with Crippen molar-refractivity contribution < 1.29 is 9.84 Å². The first-order valence-corrected chi connectivity index (χ1v) is 10.6. The van der Waals surface area contributed by atoms with Crippen LogP contribution in [0.5, 0.6) is 0 Å². The zero-order valence-electron chi connectivity index (χ0n) is 16.5.